The number of benzene rings is 2. The number of nitrogens with zero attached hydrogens (tertiary/aromatic N) is 5. The van der Waals surface area contributed by atoms with Gasteiger partial charge in [-0.3, -0.25) is 4.68 Å². The predicted molar refractivity (Wildman–Crippen MR) is 147 cm³/mol. The van der Waals surface area contributed by atoms with Gasteiger partial charge >= 0.3 is 6.09 Å². The molecule has 0 atom stereocenters. The smallest absolute Gasteiger partial charge is 0.407 e. The van der Waals surface area contributed by atoms with Crippen molar-refractivity contribution >= 4 is 54.6 Å². The maximum atomic E-state index is 13.5. The molecular formula is C26H25BrClN5O4S. The minimum atomic E-state index is -3.93. The zero-order valence-electron chi connectivity index (χ0n) is 20.9. The number of likely N-dealkylation sites (tertiary alicyclic amines) is 1. The normalized spacial score (nSPS) is 17.1. The topological polar surface area (TPSA) is 110 Å². The van der Waals surface area contributed by atoms with E-state index < -0.39 is 16.1 Å². The number of fused-ring (bicyclic) bond motifs is 1. The van der Waals surface area contributed by atoms with Gasteiger partial charge in [-0.2, -0.15) is 22.7 Å². The lowest BCUT2D eigenvalue weighted by atomic mass is 9.61. The number of hydrogen-bond donors (Lipinski definition) is 1. The number of amides is 1. The first-order valence-electron chi connectivity index (χ1n) is 12.1. The quantitative estimate of drug-likeness (QED) is 0.310. The van der Waals surface area contributed by atoms with Crippen LogP contribution in [0.3, 0.4) is 0 Å². The SMILES string of the molecule is Cc1ccc(S(=O)(=O)n2ncc3c(-c4c(Br)nn(C5CC6(C5)CN(C(=O)O)C6)c4C)c(Cl)c(C)cc32)cc1. The van der Waals surface area contributed by atoms with Crippen LogP contribution in [0.1, 0.15) is 35.7 Å². The molecule has 0 unspecified atom stereocenters. The molecule has 0 radical (unpaired) electrons. The van der Waals surface area contributed by atoms with Gasteiger partial charge in [-0.15, -0.1) is 0 Å². The van der Waals surface area contributed by atoms with E-state index in [1.54, 1.807) is 30.3 Å². The van der Waals surface area contributed by atoms with Crippen LogP contribution >= 0.6 is 27.5 Å². The Morgan fingerprint density at radius 2 is 1.79 bits per heavy atom. The van der Waals surface area contributed by atoms with E-state index in [4.69, 9.17) is 16.7 Å². The second kappa shape index (κ2) is 8.56. The summed E-state index contributed by atoms with van der Waals surface area (Å²) in [6, 6.07) is 8.57. The summed E-state index contributed by atoms with van der Waals surface area (Å²) in [5, 5.41) is 19.4. The molecule has 4 aromatic rings. The Hall–Kier alpha value is -2.89. The van der Waals surface area contributed by atoms with Gasteiger partial charge in [-0.05, 0) is 73.3 Å². The molecular weight excluding hydrogens is 594 g/mol. The molecule has 1 aliphatic carbocycles. The average Bonchev–Trinajstić information content (AvgIpc) is 3.34. The summed E-state index contributed by atoms with van der Waals surface area (Å²) in [5.74, 6) is 0. The van der Waals surface area contributed by atoms with Crippen molar-refractivity contribution in [2.45, 2.75) is 44.6 Å². The van der Waals surface area contributed by atoms with Gasteiger partial charge in [0, 0.05) is 40.7 Å². The highest BCUT2D eigenvalue weighted by Gasteiger charge is 2.55. The molecule has 0 bridgehead atoms. The first kappa shape index (κ1) is 25.4. The largest absolute Gasteiger partial charge is 0.465 e. The molecule has 1 spiro atoms. The summed E-state index contributed by atoms with van der Waals surface area (Å²) >= 11 is 10.5. The maximum absolute atomic E-state index is 13.5. The molecule has 2 aromatic heterocycles. The van der Waals surface area contributed by atoms with E-state index in [1.807, 2.05) is 25.5 Å². The Bertz CT molecular complexity index is 1730. The van der Waals surface area contributed by atoms with E-state index in [0.29, 0.717) is 39.2 Å². The van der Waals surface area contributed by atoms with E-state index in [-0.39, 0.29) is 16.4 Å². The van der Waals surface area contributed by atoms with Crippen molar-refractivity contribution in [2.24, 2.45) is 5.41 Å². The van der Waals surface area contributed by atoms with Crippen LogP contribution in [0.2, 0.25) is 5.02 Å². The number of carboxylic acid groups (broad SMARTS) is 1. The number of carbonyl (C=O) groups is 1. The fraction of sp³-hybridized carbons (Fsp3) is 0.346. The van der Waals surface area contributed by atoms with E-state index in [1.165, 1.54) is 11.1 Å². The monoisotopic (exact) mass is 617 g/mol. The summed E-state index contributed by atoms with van der Waals surface area (Å²) in [6.45, 7) is 6.84. The van der Waals surface area contributed by atoms with Crippen molar-refractivity contribution in [1.82, 2.24) is 23.9 Å². The van der Waals surface area contributed by atoms with Crippen molar-refractivity contribution in [1.29, 1.82) is 0 Å². The van der Waals surface area contributed by atoms with Crippen LogP contribution in [0.25, 0.3) is 22.0 Å². The summed E-state index contributed by atoms with van der Waals surface area (Å²) < 4.78 is 30.7. The van der Waals surface area contributed by atoms with Crippen LogP contribution in [0, 0.1) is 26.2 Å². The standard InChI is InChI=1S/C26H25BrClN5O4S/c1-14-4-6-18(7-5-14)38(36,37)33-20-8-15(2)23(28)22(19(20)11-29-33)21-16(3)32(30-24(21)27)17-9-26(10-17)12-31(13-26)25(34)35/h4-8,11,17H,9-10,12-13H2,1-3H3,(H,34,35). The van der Waals surface area contributed by atoms with E-state index in [2.05, 4.69) is 21.0 Å². The maximum Gasteiger partial charge on any atom is 0.407 e. The third kappa shape index (κ3) is 3.70. The zero-order chi connectivity index (χ0) is 27.1. The number of rotatable bonds is 4. The molecule has 198 valence electrons. The lowest BCUT2D eigenvalue weighted by molar-refractivity contribution is -0.0776. The van der Waals surface area contributed by atoms with Gasteiger partial charge in [0.1, 0.15) is 4.60 Å². The van der Waals surface area contributed by atoms with Crippen molar-refractivity contribution in [2.75, 3.05) is 13.1 Å². The van der Waals surface area contributed by atoms with Crippen molar-refractivity contribution < 1.29 is 18.3 Å². The van der Waals surface area contributed by atoms with E-state index in [9.17, 15) is 18.3 Å². The first-order chi connectivity index (χ1) is 17.9. The van der Waals surface area contributed by atoms with Gasteiger partial charge in [0.05, 0.1) is 27.7 Å². The van der Waals surface area contributed by atoms with Gasteiger partial charge in [-0.1, -0.05) is 29.3 Å². The molecule has 1 N–H and O–H groups in total. The molecule has 6 rings (SSSR count). The van der Waals surface area contributed by atoms with Crippen LogP contribution < -0.4 is 0 Å². The Kier molecular flexibility index (Phi) is 5.72. The number of aryl methyl sites for hydroxylation is 2. The molecule has 2 aromatic carbocycles. The molecule has 9 nitrogen and oxygen atoms in total. The highest BCUT2D eigenvalue weighted by Crippen LogP contribution is 2.55. The molecule has 1 amide bonds. The molecule has 3 heterocycles. The highest BCUT2D eigenvalue weighted by atomic mass is 79.9. The van der Waals surface area contributed by atoms with Crippen LogP contribution in [0.4, 0.5) is 4.79 Å². The Morgan fingerprint density at radius 3 is 2.42 bits per heavy atom. The lowest BCUT2D eigenvalue weighted by Crippen LogP contribution is -2.63. The number of hydrogen-bond acceptors (Lipinski definition) is 5. The Balaban J connectivity index is 1.41. The number of aromatic nitrogens is 4. The summed E-state index contributed by atoms with van der Waals surface area (Å²) in [4.78, 5) is 12.8. The third-order valence-electron chi connectivity index (χ3n) is 7.87. The molecule has 1 aliphatic heterocycles. The Morgan fingerprint density at radius 1 is 1.13 bits per heavy atom. The van der Waals surface area contributed by atoms with Crippen LogP contribution in [0.5, 0.6) is 0 Å². The fourth-order valence-corrected chi connectivity index (χ4v) is 8.06. The van der Waals surface area contributed by atoms with Gasteiger partial charge in [0.25, 0.3) is 10.0 Å². The van der Waals surface area contributed by atoms with Crippen LogP contribution in [0.15, 0.2) is 46.0 Å². The van der Waals surface area contributed by atoms with Crippen LogP contribution in [-0.2, 0) is 10.0 Å². The molecule has 38 heavy (non-hydrogen) atoms. The van der Waals surface area contributed by atoms with Crippen molar-refractivity contribution in [3.05, 3.63) is 63.0 Å². The van der Waals surface area contributed by atoms with Gasteiger partial charge in [0.15, 0.2) is 0 Å². The molecule has 12 heteroatoms. The van der Waals surface area contributed by atoms with Crippen molar-refractivity contribution in [3.8, 4) is 11.1 Å². The molecule has 1 saturated carbocycles. The van der Waals surface area contributed by atoms with E-state index >= 15 is 0 Å². The Labute approximate surface area is 233 Å². The average molecular weight is 619 g/mol. The first-order valence-corrected chi connectivity index (χ1v) is 14.7. The molecule has 2 aliphatic rings. The molecule has 1 saturated heterocycles. The predicted octanol–water partition coefficient (Wildman–Crippen LogP) is 5.79. The lowest BCUT2D eigenvalue weighted by Gasteiger charge is -2.58. The zero-order valence-corrected chi connectivity index (χ0v) is 24.1. The van der Waals surface area contributed by atoms with Crippen molar-refractivity contribution in [3.63, 3.8) is 0 Å². The van der Waals surface area contributed by atoms with Gasteiger partial charge in [0.2, 0.25) is 0 Å². The van der Waals surface area contributed by atoms with E-state index in [0.717, 1.165) is 39.3 Å². The van der Waals surface area contributed by atoms with Crippen LogP contribution in [-0.4, -0.2) is 56.6 Å². The summed E-state index contributed by atoms with van der Waals surface area (Å²) in [5.41, 5.74) is 4.52. The van der Waals surface area contributed by atoms with Gasteiger partial charge in [-0.25, -0.2) is 4.79 Å². The second-order valence-corrected chi connectivity index (χ2v) is 13.4. The minimum absolute atomic E-state index is 0.0355. The summed E-state index contributed by atoms with van der Waals surface area (Å²) in [7, 11) is -3.93. The third-order valence-corrected chi connectivity index (χ3v) is 10.5. The minimum Gasteiger partial charge on any atom is -0.465 e. The highest BCUT2D eigenvalue weighted by molar-refractivity contribution is 9.10. The fourth-order valence-electron chi connectivity index (χ4n) is 5.89. The molecule has 2 fully saturated rings. The van der Waals surface area contributed by atoms with Gasteiger partial charge < -0.3 is 10.0 Å². The second-order valence-electron chi connectivity index (χ2n) is 10.5. The summed E-state index contributed by atoms with van der Waals surface area (Å²) in [6.07, 6.45) is 2.38. The number of halogens is 2.